The average Bonchev–Trinajstić information content (AvgIpc) is 3.13. The molecule has 9 heteroatoms. The van der Waals surface area contributed by atoms with Crippen LogP contribution in [0.3, 0.4) is 0 Å². The van der Waals surface area contributed by atoms with E-state index in [1.54, 1.807) is 29.2 Å². The summed E-state index contributed by atoms with van der Waals surface area (Å²) in [6, 6.07) is 6.94. The topological polar surface area (TPSA) is 78.0 Å². The second-order valence-corrected chi connectivity index (χ2v) is 11.2. The molecule has 3 heterocycles. The highest BCUT2D eigenvalue weighted by Gasteiger charge is 2.36. The Kier molecular flexibility index (Phi) is 6.36. The highest BCUT2D eigenvalue weighted by Crippen LogP contribution is 2.24. The average molecular weight is 454 g/mol. The molecule has 4 rings (SSSR count). The quantitative estimate of drug-likeness (QED) is 0.693. The van der Waals surface area contributed by atoms with Crippen molar-refractivity contribution in [2.24, 2.45) is 5.92 Å². The maximum atomic E-state index is 13.1. The Bertz CT molecular complexity index is 897. The van der Waals surface area contributed by atoms with Crippen LogP contribution in [-0.4, -0.2) is 91.7 Å². The summed E-state index contributed by atoms with van der Waals surface area (Å²) in [6.45, 7) is 3.78. The highest BCUT2D eigenvalue weighted by atomic mass is 35.5. The lowest BCUT2D eigenvalue weighted by molar-refractivity contribution is -0.139. The Morgan fingerprint density at radius 3 is 2.27 bits per heavy atom. The number of nitrogens with zero attached hydrogens (tertiary/aromatic N) is 3. The molecular weight excluding hydrogens is 426 g/mol. The van der Waals surface area contributed by atoms with Crippen molar-refractivity contribution in [3.8, 4) is 0 Å². The van der Waals surface area contributed by atoms with Crippen LogP contribution >= 0.6 is 11.6 Å². The van der Waals surface area contributed by atoms with Gasteiger partial charge in [-0.2, -0.15) is 0 Å². The predicted octanol–water partition coefficient (Wildman–Crippen LogP) is 1.52. The summed E-state index contributed by atoms with van der Waals surface area (Å²) in [4.78, 5) is 31.8. The number of piperazine rings is 1. The summed E-state index contributed by atoms with van der Waals surface area (Å²) in [5.74, 6) is 0.397. The molecule has 0 radical (unpaired) electrons. The molecule has 2 amide bonds. The summed E-state index contributed by atoms with van der Waals surface area (Å²) < 4.78 is 23.5. The second kappa shape index (κ2) is 8.85. The lowest BCUT2D eigenvalue weighted by Gasteiger charge is -2.40. The monoisotopic (exact) mass is 453 g/mol. The van der Waals surface area contributed by atoms with E-state index < -0.39 is 9.84 Å². The second-order valence-electron chi connectivity index (χ2n) is 8.52. The third-order valence-electron chi connectivity index (χ3n) is 6.50. The molecule has 1 aromatic carbocycles. The van der Waals surface area contributed by atoms with Gasteiger partial charge in [-0.3, -0.25) is 14.5 Å². The first-order valence-electron chi connectivity index (χ1n) is 10.6. The molecule has 3 saturated heterocycles. The minimum absolute atomic E-state index is 0.0589. The van der Waals surface area contributed by atoms with Crippen molar-refractivity contribution in [1.29, 1.82) is 0 Å². The van der Waals surface area contributed by atoms with E-state index in [4.69, 9.17) is 11.6 Å². The molecular formula is C21H28ClN3O4S. The summed E-state index contributed by atoms with van der Waals surface area (Å²) in [5.41, 5.74) is 0.590. The number of likely N-dealkylation sites (tertiary alicyclic amines) is 1. The Balaban J connectivity index is 1.31. The molecule has 3 fully saturated rings. The number of sulfone groups is 1. The number of amides is 2. The third kappa shape index (κ3) is 4.81. The summed E-state index contributed by atoms with van der Waals surface area (Å²) in [6.07, 6.45) is 2.31. The molecule has 3 aliphatic heterocycles. The highest BCUT2D eigenvalue weighted by molar-refractivity contribution is 7.91. The van der Waals surface area contributed by atoms with Gasteiger partial charge < -0.3 is 9.80 Å². The van der Waals surface area contributed by atoms with Gasteiger partial charge >= 0.3 is 0 Å². The van der Waals surface area contributed by atoms with Crippen LogP contribution in [0.1, 0.15) is 29.6 Å². The molecule has 0 unspecified atom stereocenters. The number of carbonyl (C=O) groups is 2. The number of hydrogen-bond acceptors (Lipinski definition) is 5. The fourth-order valence-corrected chi connectivity index (χ4v) is 6.65. The summed E-state index contributed by atoms with van der Waals surface area (Å²) in [7, 11) is -2.90. The number of benzene rings is 1. The van der Waals surface area contributed by atoms with E-state index in [0.717, 1.165) is 12.8 Å². The first-order valence-corrected chi connectivity index (χ1v) is 12.8. The molecule has 0 aromatic heterocycles. The Labute approximate surface area is 182 Å². The van der Waals surface area contributed by atoms with E-state index in [9.17, 15) is 18.0 Å². The van der Waals surface area contributed by atoms with E-state index in [0.29, 0.717) is 56.3 Å². The predicted molar refractivity (Wildman–Crippen MR) is 115 cm³/mol. The third-order valence-corrected chi connectivity index (χ3v) is 8.50. The molecule has 0 aliphatic carbocycles. The normalized spacial score (nSPS) is 27.2. The number of carbonyl (C=O) groups excluding carboxylic acids is 2. The van der Waals surface area contributed by atoms with Gasteiger partial charge in [0.05, 0.1) is 17.4 Å². The lowest BCUT2D eigenvalue weighted by atomic mass is 9.95. The van der Waals surface area contributed by atoms with Gasteiger partial charge in [0.1, 0.15) is 0 Å². The van der Waals surface area contributed by atoms with Crippen molar-refractivity contribution in [2.45, 2.75) is 25.3 Å². The molecule has 7 nitrogen and oxygen atoms in total. The van der Waals surface area contributed by atoms with Crippen molar-refractivity contribution in [1.82, 2.24) is 14.7 Å². The van der Waals surface area contributed by atoms with Crippen LogP contribution < -0.4 is 0 Å². The van der Waals surface area contributed by atoms with Crippen LogP contribution in [0.2, 0.25) is 5.02 Å². The van der Waals surface area contributed by atoms with Crippen LogP contribution in [0.5, 0.6) is 0 Å². The minimum Gasteiger partial charge on any atom is -0.340 e. The van der Waals surface area contributed by atoms with E-state index >= 15 is 0 Å². The van der Waals surface area contributed by atoms with Gasteiger partial charge in [0.2, 0.25) is 5.91 Å². The van der Waals surface area contributed by atoms with Crippen LogP contribution in [0.15, 0.2) is 24.3 Å². The van der Waals surface area contributed by atoms with Crippen molar-refractivity contribution < 1.29 is 18.0 Å². The largest absolute Gasteiger partial charge is 0.340 e. The van der Waals surface area contributed by atoms with Gasteiger partial charge in [0.15, 0.2) is 9.84 Å². The van der Waals surface area contributed by atoms with Gasteiger partial charge in [0, 0.05) is 55.9 Å². The van der Waals surface area contributed by atoms with Crippen LogP contribution in [-0.2, 0) is 14.6 Å². The Hall–Kier alpha value is -1.64. The molecule has 0 spiro atoms. The SMILES string of the molecule is O=C(c1ccc(Cl)cc1)N1CCC[C@@H](C(=O)N2CCN([C@@H]3CCS(=O)(=O)C3)CC2)C1. The number of hydrogen-bond donors (Lipinski definition) is 0. The van der Waals surface area contributed by atoms with E-state index in [2.05, 4.69) is 4.90 Å². The zero-order chi connectivity index (χ0) is 21.3. The van der Waals surface area contributed by atoms with Crippen molar-refractivity contribution in [3.63, 3.8) is 0 Å². The molecule has 30 heavy (non-hydrogen) atoms. The molecule has 0 N–H and O–H groups in total. The molecule has 1 aromatic rings. The van der Waals surface area contributed by atoms with Gasteiger partial charge in [-0.1, -0.05) is 11.6 Å². The van der Waals surface area contributed by atoms with Crippen LogP contribution in [0, 0.1) is 5.92 Å². The molecule has 2 atom stereocenters. The van der Waals surface area contributed by atoms with Gasteiger partial charge in [0.25, 0.3) is 5.91 Å². The first kappa shape index (κ1) is 21.6. The maximum absolute atomic E-state index is 13.1. The summed E-state index contributed by atoms with van der Waals surface area (Å²) in [5, 5.41) is 0.590. The van der Waals surface area contributed by atoms with Crippen molar-refractivity contribution in [3.05, 3.63) is 34.9 Å². The van der Waals surface area contributed by atoms with Gasteiger partial charge in [-0.15, -0.1) is 0 Å². The molecule has 0 bridgehead atoms. The van der Waals surface area contributed by atoms with Gasteiger partial charge in [-0.25, -0.2) is 8.42 Å². The Morgan fingerprint density at radius 1 is 0.933 bits per heavy atom. The van der Waals surface area contributed by atoms with Crippen LogP contribution in [0.25, 0.3) is 0 Å². The van der Waals surface area contributed by atoms with Crippen molar-refractivity contribution >= 4 is 33.3 Å². The number of rotatable bonds is 3. The smallest absolute Gasteiger partial charge is 0.253 e. The fourth-order valence-electron chi connectivity index (χ4n) is 4.77. The first-order chi connectivity index (χ1) is 14.3. The summed E-state index contributed by atoms with van der Waals surface area (Å²) >= 11 is 5.91. The number of piperidine rings is 1. The molecule has 164 valence electrons. The lowest BCUT2D eigenvalue weighted by Crippen LogP contribution is -2.55. The minimum atomic E-state index is -2.90. The Morgan fingerprint density at radius 2 is 1.63 bits per heavy atom. The van der Waals surface area contributed by atoms with E-state index in [1.807, 2.05) is 4.90 Å². The zero-order valence-electron chi connectivity index (χ0n) is 17.0. The molecule has 0 saturated carbocycles. The fraction of sp³-hybridized carbons (Fsp3) is 0.619. The maximum Gasteiger partial charge on any atom is 0.253 e. The molecule has 3 aliphatic rings. The van der Waals surface area contributed by atoms with E-state index in [-0.39, 0.29) is 35.3 Å². The van der Waals surface area contributed by atoms with Crippen LogP contribution in [0.4, 0.5) is 0 Å². The number of halogens is 1. The standard InChI is InChI=1S/C21H28ClN3O4S/c22-18-5-3-16(4-6-18)20(26)25-8-1-2-17(14-25)21(27)24-11-9-23(10-12-24)19-7-13-30(28,29)15-19/h3-6,17,19H,1-2,7-15H2/t17-,19-/m1/s1. The van der Waals surface area contributed by atoms with Crippen molar-refractivity contribution in [2.75, 3.05) is 50.8 Å². The van der Waals surface area contributed by atoms with E-state index in [1.165, 1.54) is 0 Å². The van der Waals surface area contributed by atoms with Gasteiger partial charge in [-0.05, 0) is 43.5 Å². The zero-order valence-corrected chi connectivity index (χ0v) is 18.6.